The molecule has 2 aromatic rings. The second kappa shape index (κ2) is 7.82. The van der Waals surface area contributed by atoms with E-state index >= 15 is 0 Å². The maximum Gasteiger partial charge on any atom is 0.229 e. The summed E-state index contributed by atoms with van der Waals surface area (Å²) in [4.78, 5) is 15.5. The normalized spacial score (nSPS) is 27.2. The van der Waals surface area contributed by atoms with Gasteiger partial charge in [0.05, 0.1) is 58.7 Å². The van der Waals surface area contributed by atoms with Crippen LogP contribution in [-0.4, -0.2) is 54.1 Å². The predicted molar refractivity (Wildman–Crippen MR) is 97.8 cm³/mol. The predicted octanol–water partition coefficient (Wildman–Crippen LogP) is -1.87. The van der Waals surface area contributed by atoms with Gasteiger partial charge >= 0.3 is 0 Å². The van der Waals surface area contributed by atoms with E-state index in [4.69, 9.17) is 4.42 Å². The molecule has 8 nitrogen and oxygen atoms in total. The first-order valence-corrected chi connectivity index (χ1v) is 9.91. The topological polar surface area (TPSA) is 81.8 Å². The molecule has 0 saturated carbocycles. The lowest BCUT2D eigenvalue weighted by Crippen LogP contribution is -3.20. The maximum absolute atomic E-state index is 12.7. The van der Waals surface area contributed by atoms with Gasteiger partial charge in [-0.1, -0.05) is 5.21 Å². The van der Waals surface area contributed by atoms with Crippen molar-refractivity contribution >= 4 is 5.91 Å². The standard InChI is InChI=1S/C19H28N6O2/c1-23(2)10-15-11-25(22-21-15)12-16-8-14-5-6-24(16)13-18(14)19(26)20-9-17-4-3-7-27-17/h3-4,7,11,14,16,18H,5-6,8-10,12-13H2,1-2H3,(H,20,26)/p+2/t14-,16-,18+/m1/s1. The Labute approximate surface area is 159 Å². The van der Waals surface area contributed by atoms with Gasteiger partial charge in [-0.3, -0.25) is 4.79 Å². The SMILES string of the molecule is C[NH+](C)Cc1cn(C[C@H]2C[C@H]3CC[NH+]2C[C@@H]3C(=O)NCc2ccco2)nn1. The third kappa shape index (κ3) is 4.22. The molecule has 2 aromatic heterocycles. The van der Waals surface area contributed by atoms with Crippen LogP contribution >= 0.6 is 0 Å². The number of carbonyl (C=O) groups is 1. The van der Waals surface area contributed by atoms with Crippen LogP contribution in [0.5, 0.6) is 0 Å². The van der Waals surface area contributed by atoms with Gasteiger partial charge in [-0.05, 0) is 18.1 Å². The molecule has 2 bridgehead atoms. The van der Waals surface area contributed by atoms with Crippen LogP contribution in [0.3, 0.4) is 0 Å². The first-order chi connectivity index (χ1) is 13.1. The van der Waals surface area contributed by atoms with Crippen LogP contribution in [0.2, 0.25) is 0 Å². The highest BCUT2D eigenvalue weighted by molar-refractivity contribution is 5.79. The molecule has 8 heteroatoms. The summed E-state index contributed by atoms with van der Waals surface area (Å²) in [6.07, 6.45) is 5.93. The number of fused-ring (bicyclic) bond motifs is 3. The van der Waals surface area contributed by atoms with Gasteiger partial charge in [-0.15, -0.1) is 5.10 Å². The van der Waals surface area contributed by atoms with Crippen molar-refractivity contribution in [3.63, 3.8) is 0 Å². The first-order valence-electron chi connectivity index (χ1n) is 9.91. The summed E-state index contributed by atoms with van der Waals surface area (Å²) in [6.45, 7) is 4.33. The minimum Gasteiger partial charge on any atom is -0.467 e. The molecule has 27 heavy (non-hydrogen) atoms. The van der Waals surface area contributed by atoms with Crippen molar-refractivity contribution in [2.75, 3.05) is 27.2 Å². The molecule has 0 aliphatic carbocycles. The number of amides is 1. The lowest BCUT2D eigenvalue weighted by molar-refractivity contribution is -0.945. The number of nitrogens with zero attached hydrogens (tertiary/aromatic N) is 3. The molecule has 0 radical (unpaired) electrons. The number of rotatable bonds is 7. The van der Waals surface area contributed by atoms with Gasteiger partial charge in [0.15, 0.2) is 0 Å². The van der Waals surface area contributed by atoms with Crippen LogP contribution < -0.4 is 15.1 Å². The molecule has 1 amide bonds. The van der Waals surface area contributed by atoms with Crippen molar-refractivity contribution in [3.05, 3.63) is 36.0 Å². The highest BCUT2D eigenvalue weighted by Crippen LogP contribution is 2.27. The number of nitrogens with one attached hydrogen (secondary N) is 3. The largest absolute Gasteiger partial charge is 0.467 e. The van der Waals surface area contributed by atoms with Crippen molar-refractivity contribution in [2.45, 2.75) is 38.5 Å². The Hall–Kier alpha value is -2.19. The van der Waals surface area contributed by atoms with E-state index in [1.54, 1.807) is 6.26 Å². The lowest BCUT2D eigenvalue weighted by Gasteiger charge is -2.46. The Morgan fingerprint density at radius 2 is 2.37 bits per heavy atom. The van der Waals surface area contributed by atoms with Gasteiger partial charge < -0.3 is 19.5 Å². The summed E-state index contributed by atoms with van der Waals surface area (Å²) in [5.74, 6) is 1.56. The van der Waals surface area contributed by atoms with E-state index in [9.17, 15) is 4.79 Å². The fraction of sp³-hybridized carbons (Fsp3) is 0.632. The second-order valence-electron chi connectivity index (χ2n) is 8.31. The van der Waals surface area contributed by atoms with Gasteiger partial charge in [-0.25, -0.2) is 4.68 Å². The Morgan fingerprint density at radius 1 is 1.48 bits per heavy atom. The molecule has 3 N–H and O–H groups in total. The van der Waals surface area contributed by atoms with Crippen molar-refractivity contribution < 1.29 is 19.0 Å². The number of furan rings is 1. The molecule has 3 saturated heterocycles. The summed E-state index contributed by atoms with van der Waals surface area (Å²) in [5, 5.41) is 11.6. The average molecular weight is 374 g/mol. The van der Waals surface area contributed by atoms with Gasteiger partial charge in [0, 0.05) is 12.8 Å². The average Bonchev–Trinajstić information content (AvgIpc) is 3.32. The molecule has 3 aliphatic rings. The number of piperidine rings is 3. The number of hydrogen-bond donors (Lipinski definition) is 3. The van der Waals surface area contributed by atoms with E-state index in [0.29, 0.717) is 18.5 Å². The molecule has 3 aliphatic heterocycles. The van der Waals surface area contributed by atoms with Crippen LogP contribution in [0.25, 0.3) is 0 Å². The maximum atomic E-state index is 12.7. The second-order valence-corrected chi connectivity index (χ2v) is 8.31. The number of carbonyl (C=O) groups excluding carboxylic acids is 1. The Morgan fingerprint density at radius 3 is 3.07 bits per heavy atom. The minimum atomic E-state index is 0.114. The molecule has 0 aromatic carbocycles. The summed E-state index contributed by atoms with van der Waals surface area (Å²) < 4.78 is 7.29. The third-order valence-corrected chi connectivity index (χ3v) is 5.93. The van der Waals surface area contributed by atoms with E-state index in [1.165, 1.54) is 9.80 Å². The van der Waals surface area contributed by atoms with Gasteiger partial charge in [0.2, 0.25) is 5.91 Å². The lowest BCUT2D eigenvalue weighted by atomic mass is 9.75. The Balaban J connectivity index is 1.31. The summed E-state index contributed by atoms with van der Waals surface area (Å²) in [5.41, 5.74) is 1.04. The fourth-order valence-electron chi connectivity index (χ4n) is 4.63. The van der Waals surface area contributed by atoms with Gasteiger partial charge in [-0.2, -0.15) is 0 Å². The molecular weight excluding hydrogens is 344 g/mol. The molecule has 146 valence electrons. The molecule has 3 fully saturated rings. The number of aromatic nitrogens is 3. The molecular formula is C19H30N6O2+2. The van der Waals surface area contributed by atoms with E-state index in [-0.39, 0.29) is 11.8 Å². The van der Waals surface area contributed by atoms with E-state index in [1.807, 2.05) is 16.8 Å². The van der Waals surface area contributed by atoms with Crippen molar-refractivity contribution in [1.82, 2.24) is 20.3 Å². The summed E-state index contributed by atoms with van der Waals surface area (Å²) in [7, 11) is 4.23. The molecule has 0 spiro atoms. The zero-order valence-corrected chi connectivity index (χ0v) is 16.1. The Kier molecular flexibility index (Phi) is 5.27. The van der Waals surface area contributed by atoms with Crippen LogP contribution in [0, 0.1) is 11.8 Å². The van der Waals surface area contributed by atoms with Crippen molar-refractivity contribution in [2.24, 2.45) is 11.8 Å². The van der Waals surface area contributed by atoms with E-state index in [0.717, 1.165) is 50.5 Å². The molecule has 5 rings (SSSR count). The van der Waals surface area contributed by atoms with Crippen molar-refractivity contribution in [3.8, 4) is 0 Å². The molecule has 1 unspecified atom stereocenters. The fourth-order valence-corrected chi connectivity index (χ4v) is 4.63. The minimum absolute atomic E-state index is 0.114. The number of quaternary nitrogens is 2. The van der Waals surface area contributed by atoms with Crippen LogP contribution in [0.15, 0.2) is 29.0 Å². The number of hydrogen-bond acceptors (Lipinski definition) is 4. The van der Waals surface area contributed by atoms with Crippen LogP contribution in [-0.2, 0) is 24.4 Å². The van der Waals surface area contributed by atoms with E-state index < -0.39 is 0 Å². The highest BCUT2D eigenvalue weighted by atomic mass is 16.3. The zero-order valence-electron chi connectivity index (χ0n) is 16.1. The van der Waals surface area contributed by atoms with E-state index in [2.05, 4.69) is 35.9 Å². The summed E-state index contributed by atoms with van der Waals surface area (Å²) in [6, 6.07) is 4.27. The zero-order chi connectivity index (χ0) is 18.8. The van der Waals surface area contributed by atoms with Gasteiger partial charge in [0.25, 0.3) is 0 Å². The monoisotopic (exact) mass is 374 g/mol. The molecule has 4 atom stereocenters. The van der Waals surface area contributed by atoms with Gasteiger partial charge in [0.1, 0.15) is 24.0 Å². The highest BCUT2D eigenvalue weighted by Gasteiger charge is 2.46. The first kappa shape index (κ1) is 18.2. The Bertz CT molecular complexity index is 756. The quantitative estimate of drug-likeness (QED) is 0.530. The van der Waals surface area contributed by atoms with Crippen LogP contribution in [0.1, 0.15) is 24.3 Å². The smallest absolute Gasteiger partial charge is 0.229 e. The summed E-state index contributed by atoms with van der Waals surface area (Å²) >= 11 is 0. The van der Waals surface area contributed by atoms with Crippen LogP contribution in [0.4, 0.5) is 0 Å². The van der Waals surface area contributed by atoms with Crippen molar-refractivity contribution in [1.29, 1.82) is 0 Å². The molecule has 5 heterocycles. The third-order valence-electron chi connectivity index (χ3n) is 5.93.